The third kappa shape index (κ3) is 4.32. The van der Waals surface area contributed by atoms with E-state index < -0.39 is 24.2 Å². The number of anilines is 2. The third-order valence-electron chi connectivity index (χ3n) is 4.68. The highest BCUT2D eigenvalue weighted by molar-refractivity contribution is 5.90. The van der Waals surface area contributed by atoms with Crippen molar-refractivity contribution < 1.29 is 23.1 Å². The molecule has 3 rings (SSSR count). The first-order valence-electron chi connectivity index (χ1n) is 8.86. The summed E-state index contributed by atoms with van der Waals surface area (Å²) in [5, 5.41) is 11.3. The molecule has 1 aromatic carbocycles. The molecule has 28 heavy (non-hydrogen) atoms. The molecule has 0 aromatic heterocycles. The summed E-state index contributed by atoms with van der Waals surface area (Å²) >= 11 is 0. The zero-order chi connectivity index (χ0) is 20.3. The summed E-state index contributed by atoms with van der Waals surface area (Å²) in [7, 11) is 0. The average molecular weight is 390 g/mol. The molecule has 9 heteroatoms. The minimum Gasteiger partial charge on any atom is -0.442 e. The Balaban J connectivity index is 1.67. The Hall–Kier alpha value is -2.89. The number of hydrogen-bond acceptors (Lipinski definition) is 5. The van der Waals surface area contributed by atoms with Crippen molar-refractivity contribution in [2.45, 2.75) is 25.6 Å². The van der Waals surface area contributed by atoms with Gasteiger partial charge in [-0.15, -0.1) is 0 Å². The average Bonchev–Trinajstić information content (AvgIpc) is 3.02. The molecule has 2 aliphatic rings. The monoisotopic (exact) mass is 390 g/mol. The fourth-order valence-corrected chi connectivity index (χ4v) is 3.23. The lowest BCUT2D eigenvalue weighted by Crippen LogP contribution is -2.41. The van der Waals surface area contributed by atoms with E-state index in [4.69, 9.17) is 10.00 Å². The van der Waals surface area contributed by atoms with Crippen molar-refractivity contribution in [2.24, 2.45) is 0 Å². The van der Waals surface area contributed by atoms with Crippen molar-refractivity contribution in [1.29, 1.82) is 5.26 Å². The van der Waals surface area contributed by atoms with Crippen molar-refractivity contribution in [2.75, 3.05) is 36.0 Å². The van der Waals surface area contributed by atoms with E-state index in [9.17, 15) is 18.4 Å². The van der Waals surface area contributed by atoms with E-state index in [-0.39, 0.29) is 37.6 Å². The first-order valence-corrected chi connectivity index (χ1v) is 8.86. The van der Waals surface area contributed by atoms with Crippen LogP contribution in [0.25, 0.3) is 0 Å². The largest absolute Gasteiger partial charge is 0.442 e. The number of piperidine rings is 1. The molecule has 2 heterocycles. The molecule has 0 saturated carbocycles. The topological polar surface area (TPSA) is 85.7 Å². The Morgan fingerprint density at radius 3 is 2.86 bits per heavy atom. The zero-order valence-corrected chi connectivity index (χ0v) is 15.3. The standard InChI is InChI=1S/C19H20F2N4O3/c1-12(26)23-9-15-10-25(19(27)28-15)14-2-3-18(16(20)8-14)24-7-5-13(4-6-22)17(21)11-24/h2-3,5,8,15,17H,4,7,9-11H2,1H3,(H,23,26). The Morgan fingerprint density at radius 2 is 2.21 bits per heavy atom. The van der Waals surface area contributed by atoms with Crippen LogP contribution in [0.3, 0.4) is 0 Å². The Bertz CT molecular complexity index is 798. The van der Waals surface area contributed by atoms with Crippen molar-refractivity contribution >= 4 is 23.4 Å². The summed E-state index contributed by atoms with van der Waals surface area (Å²) in [5.74, 6) is -0.398. The van der Waals surface area contributed by atoms with Gasteiger partial charge in [0.25, 0.3) is 0 Å². The third-order valence-corrected chi connectivity index (χ3v) is 4.68. The van der Waals surface area contributed by atoms with Crippen LogP contribution in [-0.2, 0) is 9.53 Å². The number of nitrogens with one attached hydrogen (secondary N) is 1. The number of carbonyl (C=O) groups excluding carboxylic acids is 2. The van der Waals surface area contributed by atoms with Crippen molar-refractivity contribution in [3.8, 4) is 6.07 Å². The summed E-state index contributed by atoms with van der Waals surface area (Å²) in [4.78, 5) is 25.9. The second-order valence-corrected chi connectivity index (χ2v) is 6.68. The molecule has 2 aliphatic heterocycles. The Labute approximate surface area is 161 Å². The highest BCUT2D eigenvalue weighted by Gasteiger charge is 2.34. The van der Waals surface area contributed by atoms with Crippen LogP contribution < -0.4 is 15.1 Å². The van der Waals surface area contributed by atoms with Crippen LogP contribution in [0.2, 0.25) is 0 Å². The minimum absolute atomic E-state index is 0.0210. The highest BCUT2D eigenvalue weighted by atomic mass is 19.1. The molecule has 2 unspecified atom stereocenters. The van der Waals surface area contributed by atoms with E-state index in [0.717, 1.165) is 0 Å². The molecule has 7 nitrogen and oxygen atoms in total. The molecular formula is C19H20F2N4O3. The number of benzene rings is 1. The van der Waals surface area contributed by atoms with Crippen LogP contribution in [-0.4, -0.2) is 50.5 Å². The predicted octanol–water partition coefficient (Wildman–Crippen LogP) is 2.14. The smallest absolute Gasteiger partial charge is 0.414 e. The van der Waals surface area contributed by atoms with E-state index in [1.165, 1.54) is 24.0 Å². The number of carbonyl (C=O) groups is 2. The molecule has 2 atom stereocenters. The quantitative estimate of drug-likeness (QED) is 0.833. The predicted molar refractivity (Wildman–Crippen MR) is 97.6 cm³/mol. The van der Waals surface area contributed by atoms with Gasteiger partial charge in [0, 0.05) is 32.4 Å². The second kappa shape index (κ2) is 8.42. The number of rotatable bonds is 5. The molecule has 0 spiro atoms. The number of amides is 2. The van der Waals surface area contributed by atoms with Crippen molar-refractivity contribution in [3.63, 3.8) is 0 Å². The molecule has 148 valence electrons. The number of halogens is 2. The number of nitriles is 1. The zero-order valence-electron chi connectivity index (χ0n) is 15.3. The molecule has 2 radical (unpaired) electrons. The van der Waals surface area contributed by atoms with E-state index in [0.29, 0.717) is 18.2 Å². The maximum Gasteiger partial charge on any atom is 0.414 e. The minimum atomic E-state index is -1.32. The molecule has 1 N–H and O–H groups in total. The van der Waals surface area contributed by atoms with Gasteiger partial charge in [-0.25, -0.2) is 13.6 Å². The van der Waals surface area contributed by atoms with E-state index in [2.05, 4.69) is 5.32 Å². The molecule has 0 aliphatic carbocycles. The fraction of sp³-hybridized carbons (Fsp3) is 0.421. The van der Waals surface area contributed by atoms with Gasteiger partial charge in [0.2, 0.25) is 5.91 Å². The summed E-state index contributed by atoms with van der Waals surface area (Å²) in [6, 6.07) is 6.20. The fourth-order valence-electron chi connectivity index (χ4n) is 3.23. The van der Waals surface area contributed by atoms with Gasteiger partial charge in [-0.2, -0.15) is 5.26 Å². The lowest BCUT2D eigenvalue weighted by atomic mass is 9.92. The van der Waals surface area contributed by atoms with Gasteiger partial charge in [0.1, 0.15) is 18.1 Å². The van der Waals surface area contributed by atoms with E-state index >= 15 is 0 Å². The lowest BCUT2D eigenvalue weighted by molar-refractivity contribution is -0.119. The SMILES string of the molecule is CC(=O)NCC1CN(c2ccc(N3C[CH][C](CC#N)C(F)C3)c(F)c2)C(=O)O1. The van der Waals surface area contributed by atoms with Gasteiger partial charge < -0.3 is 15.0 Å². The molecular weight excluding hydrogens is 370 g/mol. The van der Waals surface area contributed by atoms with Crippen LogP contribution in [0.5, 0.6) is 0 Å². The summed E-state index contributed by atoms with van der Waals surface area (Å²) < 4.78 is 34.0. The maximum absolute atomic E-state index is 14.7. The number of alkyl halides is 1. The van der Waals surface area contributed by atoms with Crippen molar-refractivity contribution in [1.82, 2.24) is 5.32 Å². The van der Waals surface area contributed by atoms with Crippen molar-refractivity contribution in [3.05, 3.63) is 36.4 Å². The van der Waals surface area contributed by atoms with Gasteiger partial charge in [-0.3, -0.25) is 9.69 Å². The number of hydrogen-bond donors (Lipinski definition) is 1. The highest BCUT2D eigenvalue weighted by Crippen LogP contribution is 2.32. The number of ether oxygens (including phenoxy) is 1. The molecule has 2 fully saturated rings. The molecule has 2 amide bonds. The van der Waals surface area contributed by atoms with Gasteiger partial charge in [-0.1, -0.05) is 0 Å². The van der Waals surface area contributed by atoms with E-state index in [1.807, 2.05) is 6.07 Å². The van der Waals surface area contributed by atoms with Crippen LogP contribution in [0.15, 0.2) is 18.2 Å². The van der Waals surface area contributed by atoms with Crippen LogP contribution >= 0.6 is 0 Å². The Kier molecular flexibility index (Phi) is 5.97. The molecule has 1 aromatic rings. The molecule has 2 saturated heterocycles. The first kappa shape index (κ1) is 19.9. The van der Waals surface area contributed by atoms with Gasteiger partial charge in [-0.05, 0) is 24.6 Å². The second-order valence-electron chi connectivity index (χ2n) is 6.68. The van der Waals surface area contributed by atoms with Crippen LogP contribution in [0.1, 0.15) is 13.3 Å². The molecule has 0 bridgehead atoms. The van der Waals surface area contributed by atoms with Crippen LogP contribution in [0, 0.1) is 29.5 Å². The number of nitrogens with zero attached hydrogens (tertiary/aromatic N) is 3. The summed E-state index contributed by atoms with van der Waals surface area (Å²) in [5.41, 5.74) is 0.548. The summed E-state index contributed by atoms with van der Waals surface area (Å²) in [6.07, 6.45) is -0.830. The maximum atomic E-state index is 14.7. The van der Waals surface area contributed by atoms with E-state index in [1.54, 1.807) is 17.4 Å². The van der Waals surface area contributed by atoms with Gasteiger partial charge >= 0.3 is 6.09 Å². The summed E-state index contributed by atoms with van der Waals surface area (Å²) in [6.45, 7) is 2.01. The lowest BCUT2D eigenvalue weighted by Gasteiger charge is -2.35. The van der Waals surface area contributed by atoms with Gasteiger partial charge in [0.15, 0.2) is 0 Å². The number of cyclic esters (lactones) is 1. The van der Waals surface area contributed by atoms with Crippen LogP contribution in [0.4, 0.5) is 25.0 Å². The van der Waals surface area contributed by atoms with Gasteiger partial charge in [0.05, 0.1) is 30.5 Å². The Morgan fingerprint density at radius 1 is 1.43 bits per heavy atom. The first-order chi connectivity index (χ1) is 13.4. The normalized spacial score (nSPS) is 22.7.